The number of rotatable bonds is 7. The maximum absolute atomic E-state index is 13.9. The average molecular weight is 640 g/mol. The molecule has 0 bridgehead atoms. The Morgan fingerprint density at radius 1 is 0.913 bits per heavy atom. The molecule has 0 aromatic heterocycles. The summed E-state index contributed by atoms with van der Waals surface area (Å²) < 4.78 is 6.10. The molecule has 0 spiro atoms. The summed E-state index contributed by atoms with van der Waals surface area (Å²) in [5.74, 6) is -1.65. The molecular formula is C38H57NO7. The van der Waals surface area contributed by atoms with Gasteiger partial charge in [-0.15, -0.1) is 0 Å². The van der Waals surface area contributed by atoms with Gasteiger partial charge in [0.25, 0.3) is 5.91 Å². The number of hydrogen-bond acceptors (Lipinski definition) is 6. The molecule has 4 saturated carbocycles. The first-order valence-corrected chi connectivity index (χ1v) is 17.6. The van der Waals surface area contributed by atoms with Crippen molar-refractivity contribution in [1.82, 2.24) is 5.32 Å². The van der Waals surface area contributed by atoms with Crippen molar-refractivity contribution in [3.63, 3.8) is 0 Å². The second-order valence-electron chi connectivity index (χ2n) is 17.9. The molecule has 8 nitrogen and oxygen atoms in total. The van der Waals surface area contributed by atoms with E-state index in [1.54, 1.807) is 13.8 Å². The number of carbonyl (C=O) groups excluding carboxylic acids is 4. The number of esters is 1. The van der Waals surface area contributed by atoms with Gasteiger partial charge in [-0.25, -0.2) is 0 Å². The number of carbonyl (C=O) groups is 5. The van der Waals surface area contributed by atoms with Crippen LogP contribution in [0.4, 0.5) is 0 Å². The Kier molecular flexibility index (Phi) is 8.34. The Labute approximate surface area is 275 Å². The largest absolute Gasteiger partial charge is 0.481 e. The van der Waals surface area contributed by atoms with Gasteiger partial charge < -0.3 is 15.2 Å². The van der Waals surface area contributed by atoms with E-state index < -0.39 is 34.5 Å². The van der Waals surface area contributed by atoms with Gasteiger partial charge in [0.05, 0.1) is 17.3 Å². The summed E-state index contributed by atoms with van der Waals surface area (Å²) in [5, 5.41) is 12.1. The van der Waals surface area contributed by atoms with Crippen LogP contribution in [0.25, 0.3) is 0 Å². The van der Waals surface area contributed by atoms with Gasteiger partial charge in [-0.3, -0.25) is 24.0 Å². The lowest BCUT2D eigenvalue weighted by Gasteiger charge is -2.72. The van der Waals surface area contributed by atoms with E-state index in [0.29, 0.717) is 18.3 Å². The number of fused-ring (bicyclic) bond motifs is 7. The molecule has 8 heteroatoms. The lowest BCUT2D eigenvalue weighted by Crippen LogP contribution is -2.66. The van der Waals surface area contributed by atoms with Crippen LogP contribution >= 0.6 is 0 Å². The first-order valence-electron chi connectivity index (χ1n) is 17.6. The van der Waals surface area contributed by atoms with Crippen LogP contribution in [-0.4, -0.2) is 47.7 Å². The van der Waals surface area contributed by atoms with E-state index >= 15 is 0 Å². The summed E-state index contributed by atoms with van der Waals surface area (Å²) >= 11 is 0. The number of Topliss-reactive ketones (excluding diaryl/α,β-unsaturated/α-hetero) is 2. The quantitative estimate of drug-likeness (QED) is 0.235. The Morgan fingerprint density at radius 2 is 1.57 bits per heavy atom. The van der Waals surface area contributed by atoms with Gasteiger partial charge >= 0.3 is 11.9 Å². The van der Waals surface area contributed by atoms with Crippen molar-refractivity contribution in [2.24, 2.45) is 56.2 Å². The molecule has 8 atom stereocenters. The highest BCUT2D eigenvalue weighted by molar-refractivity contribution is 6.40. The average Bonchev–Trinajstić information content (AvgIpc) is 3.27. The molecule has 5 rings (SSSR count). The minimum absolute atomic E-state index is 0.0112. The lowest BCUT2D eigenvalue weighted by molar-refractivity contribution is -0.233. The predicted octanol–water partition coefficient (Wildman–Crippen LogP) is 6.69. The zero-order valence-corrected chi connectivity index (χ0v) is 29.9. The normalized spacial score (nSPS) is 39.9. The topological polar surface area (TPSA) is 127 Å². The molecule has 256 valence electrons. The molecule has 0 saturated heterocycles. The van der Waals surface area contributed by atoms with Gasteiger partial charge in [0, 0.05) is 18.9 Å². The van der Waals surface area contributed by atoms with Crippen LogP contribution in [0.2, 0.25) is 0 Å². The number of amides is 1. The lowest BCUT2D eigenvalue weighted by atomic mass is 9.33. The first-order chi connectivity index (χ1) is 21.1. The number of aliphatic carboxylic acids is 1. The van der Waals surface area contributed by atoms with Crippen LogP contribution in [0, 0.1) is 56.2 Å². The maximum atomic E-state index is 13.9. The standard InChI is InChI=1S/C38H57NO7/c1-21(2)28-23(40)19-38(30(42)31(43)39-10)18-17-36(8)22(29(28)38)11-12-25-35(7)15-14-26(46-27(41)20-33(3,4)32(44)45)34(5,6)24(35)13-16-37(25,36)9/h21-22,24-26H,11-20H2,1-10H3,(H,39,43)(H,44,45)/t22-,24+,25-,26+,35+,36-,37-,38-/m1/s1. The molecular weight excluding hydrogens is 582 g/mol. The van der Waals surface area contributed by atoms with Gasteiger partial charge in [0.2, 0.25) is 5.78 Å². The van der Waals surface area contributed by atoms with Gasteiger partial charge in [-0.05, 0) is 116 Å². The number of likely N-dealkylation sites (N-methyl/N-ethyl adjacent to an activating group) is 1. The van der Waals surface area contributed by atoms with Crippen LogP contribution in [-0.2, 0) is 28.7 Å². The summed E-state index contributed by atoms with van der Waals surface area (Å²) in [4.78, 5) is 65.0. The van der Waals surface area contributed by atoms with E-state index in [1.807, 2.05) is 13.8 Å². The number of carboxylic acids is 1. The van der Waals surface area contributed by atoms with Crippen LogP contribution in [0.15, 0.2) is 11.1 Å². The number of nitrogens with one attached hydrogen (secondary N) is 1. The van der Waals surface area contributed by atoms with Crippen molar-refractivity contribution in [1.29, 1.82) is 0 Å². The molecule has 0 heterocycles. The van der Waals surface area contributed by atoms with Crippen LogP contribution in [0.1, 0.15) is 127 Å². The van der Waals surface area contributed by atoms with Crippen LogP contribution in [0.3, 0.4) is 0 Å². The third-order valence-electron chi connectivity index (χ3n) is 14.7. The van der Waals surface area contributed by atoms with Gasteiger partial charge in [0.15, 0.2) is 5.78 Å². The van der Waals surface area contributed by atoms with E-state index in [-0.39, 0.29) is 58.2 Å². The van der Waals surface area contributed by atoms with Crippen molar-refractivity contribution < 1.29 is 33.8 Å². The maximum Gasteiger partial charge on any atom is 0.309 e. The van der Waals surface area contributed by atoms with Gasteiger partial charge in [-0.1, -0.05) is 48.5 Å². The molecule has 0 aliphatic heterocycles. The van der Waals surface area contributed by atoms with Crippen LogP contribution < -0.4 is 5.32 Å². The highest BCUT2D eigenvalue weighted by Crippen LogP contribution is 2.76. The molecule has 0 aromatic carbocycles. The zero-order valence-electron chi connectivity index (χ0n) is 29.9. The molecule has 5 aliphatic rings. The monoisotopic (exact) mass is 639 g/mol. The fourth-order valence-electron chi connectivity index (χ4n) is 12.0. The molecule has 0 radical (unpaired) electrons. The van der Waals surface area contributed by atoms with Gasteiger partial charge in [-0.2, -0.15) is 0 Å². The minimum Gasteiger partial charge on any atom is -0.481 e. The second-order valence-corrected chi connectivity index (χ2v) is 17.9. The summed E-state index contributed by atoms with van der Waals surface area (Å²) in [6.07, 6.45) is 6.58. The molecule has 0 aromatic rings. The predicted molar refractivity (Wildman–Crippen MR) is 174 cm³/mol. The van der Waals surface area contributed by atoms with E-state index in [4.69, 9.17) is 4.74 Å². The number of ether oxygens (including phenoxy) is 1. The molecule has 1 amide bonds. The van der Waals surface area contributed by atoms with Crippen molar-refractivity contribution in [3.8, 4) is 0 Å². The number of carboxylic acid groups (broad SMARTS) is 1. The summed E-state index contributed by atoms with van der Waals surface area (Å²) in [6.45, 7) is 19.0. The molecule has 46 heavy (non-hydrogen) atoms. The molecule has 5 aliphatic carbocycles. The highest BCUT2D eigenvalue weighted by Gasteiger charge is 2.71. The Morgan fingerprint density at radius 3 is 2.15 bits per heavy atom. The van der Waals surface area contributed by atoms with Crippen molar-refractivity contribution in [2.75, 3.05) is 7.05 Å². The molecule has 2 N–H and O–H groups in total. The molecule has 4 fully saturated rings. The second kappa shape index (κ2) is 11.0. The van der Waals surface area contributed by atoms with E-state index in [0.717, 1.165) is 56.1 Å². The van der Waals surface area contributed by atoms with Crippen molar-refractivity contribution in [2.45, 2.75) is 133 Å². The van der Waals surface area contributed by atoms with Crippen LogP contribution in [0.5, 0.6) is 0 Å². The summed E-state index contributed by atoms with van der Waals surface area (Å²) in [7, 11) is 1.49. The summed E-state index contributed by atoms with van der Waals surface area (Å²) in [6, 6.07) is 0. The molecule has 0 unspecified atom stereocenters. The fourth-order valence-corrected chi connectivity index (χ4v) is 12.0. The zero-order chi connectivity index (χ0) is 34.4. The van der Waals surface area contributed by atoms with Crippen molar-refractivity contribution >= 4 is 29.4 Å². The van der Waals surface area contributed by atoms with Crippen molar-refractivity contribution in [3.05, 3.63) is 11.1 Å². The smallest absolute Gasteiger partial charge is 0.309 e. The van der Waals surface area contributed by atoms with E-state index in [1.165, 1.54) is 7.05 Å². The number of ketones is 2. The fraction of sp³-hybridized carbons (Fsp3) is 0.816. The Bertz CT molecular complexity index is 1390. The third-order valence-corrected chi connectivity index (χ3v) is 14.7. The highest BCUT2D eigenvalue weighted by atomic mass is 16.5. The first kappa shape index (κ1) is 34.8. The summed E-state index contributed by atoms with van der Waals surface area (Å²) in [5.41, 5.74) is -0.844. The minimum atomic E-state index is -1.18. The Hall–Kier alpha value is -2.51. The SMILES string of the molecule is CNC(=O)C(=O)[C@@]12CC[C@]3(C)[C@H](CC[C@@H]4[C@@]5(C)CC[C@H](OC(=O)CC(C)(C)C(=O)O)C(C)(C)[C@@H]5CC[C@]43C)C1=C(C(C)C)C(=O)C2. The van der Waals surface area contributed by atoms with Gasteiger partial charge in [0.1, 0.15) is 6.10 Å². The third kappa shape index (κ3) is 4.69. The van der Waals surface area contributed by atoms with E-state index in [2.05, 4.69) is 39.9 Å². The van der Waals surface area contributed by atoms with E-state index in [9.17, 15) is 29.1 Å². The number of hydrogen-bond donors (Lipinski definition) is 2. The number of allylic oxidation sites excluding steroid dienone is 2. The Balaban J connectivity index is 1.48.